The van der Waals surface area contributed by atoms with Crippen LogP contribution in [0.2, 0.25) is 0 Å². The number of rotatable bonds is 5. The summed E-state index contributed by atoms with van der Waals surface area (Å²) in [4.78, 5) is 22.2. The van der Waals surface area contributed by atoms with Crippen LogP contribution >= 0.6 is 0 Å². The van der Waals surface area contributed by atoms with Crippen molar-refractivity contribution < 1.29 is 18.3 Å². The zero-order chi connectivity index (χ0) is 23.8. The van der Waals surface area contributed by atoms with E-state index in [1.54, 1.807) is 31.6 Å². The number of furan rings is 1. The molecule has 4 aromatic rings. The highest BCUT2D eigenvalue weighted by Gasteiger charge is 2.29. The summed E-state index contributed by atoms with van der Waals surface area (Å²) in [5.74, 6) is 0.485. The van der Waals surface area contributed by atoms with Gasteiger partial charge in [0.05, 0.1) is 17.8 Å². The minimum Gasteiger partial charge on any atom is -0.455 e. The van der Waals surface area contributed by atoms with Crippen molar-refractivity contribution in [1.29, 1.82) is 0 Å². The number of nitrogens with one attached hydrogen (secondary N) is 3. The summed E-state index contributed by atoms with van der Waals surface area (Å²) in [7, 11) is 3.59. The molecule has 0 fully saturated rings. The molecule has 1 aliphatic rings. The van der Waals surface area contributed by atoms with E-state index in [2.05, 4.69) is 25.5 Å². The highest BCUT2D eigenvalue weighted by atomic mass is 19.1. The lowest BCUT2D eigenvalue weighted by Gasteiger charge is -2.22. The summed E-state index contributed by atoms with van der Waals surface area (Å²) in [6.07, 6.45) is 3.16. The van der Waals surface area contributed by atoms with Crippen LogP contribution < -0.4 is 15.5 Å². The Bertz CT molecular complexity index is 1320. The molecular weight excluding hydrogens is 437 g/mol. The molecule has 3 heterocycles. The first-order valence-electron chi connectivity index (χ1n) is 11.1. The lowest BCUT2D eigenvalue weighted by Crippen LogP contribution is -2.34. The lowest BCUT2D eigenvalue weighted by molar-refractivity contribution is 0.0134. The fourth-order valence-corrected chi connectivity index (χ4v) is 4.45. The first-order valence-corrected chi connectivity index (χ1v) is 11.1. The second-order valence-electron chi connectivity index (χ2n) is 8.40. The first-order chi connectivity index (χ1) is 16.4. The Labute approximate surface area is 196 Å². The van der Waals surface area contributed by atoms with Gasteiger partial charge in [-0.3, -0.25) is 4.79 Å². The van der Waals surface area contributed by atoms with Gasteiger partial charge < -0.3 is 29.7 Å². The van der Waals surface area contributed by atoms with Crippen LogP contribution in [0.25, 0.3) is 22.3 Å². The van der Waals surface area contributed by atoms with E-state index in [-0.39, 0.29) is 23.9 Å². The van der Waals surface area contributed by atoms with Crippen molar-refractivity contribution in [2.75, 3.05) is 37.4 Å². The van der Waals surface area contributed by atoms with E-state index in [0.29, 0.717) is 46.9 Å². The van der Waals surface area contributed by atoms with Gasteiger partial charge in [-0.05, 0) is 37.3 Å². The lowest BCUT2D eigenvalue weighted by atomic mass is 10.00. The molecule has 0 saturated carbocycles. The van der Waals surface area contributed by atoms with Gasteiger partial charge in [0.2, 0.25) is 0 Å². The highest BCUT2D eigenvalue weighted by molar-refractivity contribution is 6.11. The number of likely N-dealkylation sites (N-methyl/N-ethyl adjacent to an activating group) is 1. The number of anilines is 2. The molecular formula is C25H26FN5O3. The van der Waals surface area contributed by atoms with Gasteiger partial charge >= 0.3 is 0 Å². The maximum Gasteiger partial charge on any atom is 0.255 e. The maximum absolute atomic E-state index is 13.5. The van der Waals surface area contributed by atoms with Gasteiger partial charge in [-0.2, -0.15) is 0 Å². The number of halogens is 1. The van der Waals surface area contributed by atoms with Crippen LogP contribution in [0, 0.1) is 5.82 Å². The molecule has 34 heavy (non-hydrogen) atoms. The fourth-order valence-electron chi connectivity index (χ4n) is 4.45. The zero-order valence-electron chi connectivity index (χ0n) is 19.2. The van der Waals surface area contributed by atoms with Crippen molar-refractivity contribution in [3.05, 3.63) is 65.7 Å². The molecule has 3 N–H and O–H groups in total. The number of fused-ring (bicyclic) bond motifs is 2. The zero-order valence-corrected chi connectivity index (χ0v) is 19.2. The Morgan fingerprint density at radius 3 is 2.79 bits per heavy atom. The smallest absolute Gasteiger partial charge is 0.255 e. The van der Waals surface area contributed by atoms with E-state index in [0.717, 1.165) is 11.3 Å². The predicted octanol–water partition coefficient (Wildman–Crippen LogP) is 4.33. The SMILES string of the molecule is CNC(=O)c1c(-c2ccc(F)cc2)oc2cc3c(cc12)[C@H](C)O[C@H](CNc1ncc[nH]1)CN3C. The van der Waals surface area contributed by atoms with Crippen LogP contribution in [0.3, 0.4) is 0 Å². The molecule has 2 atom stereocenters. The summed E-state index contributed by atoms with van der Waals surface area (Å²) in [6, 6.07) is 9.84. The Balaban J connectivity index is 1.54. The van der Waals surface area contributed by atoms with Crippen molar-refractivity contribution in [3.8, 4) is 11.3 Å². The Morgan fingerprint density at radius 1 is 1.29 bits per heavy atom. The number of amides is 1. The van der Waals surface area contributed by atoms with E-state index < -0.39 is 0 Å². The van der Waals surface area contributed by atoms with Crippen LogP contribution in [-0.4, -0.2) is 49.2 Å². The van der Waals surface area contributed by atoms with Crippen molar-refractivity contribution >= 4 is 28.5 Å². The molecule has 0 saturated heterocycles. The number of hydrogen-bond acceptors (Lipinski definition) is 6. The number of hydrogen-bond donors (Lipinski definition) is 3. The Morgan fingerprint density at radius 2 is 2.09 bits per heavy atom. The van der Waals surface area contributed by atoms with E-state index in [4.69, 9.17) is 9.15 Å². The van der Waals surface area contributed by atoms with Crippen molar-refractivity contribution in [2.45, 2.75) is 19.1 Å². The van der Waals surface area contributed by atoms with E-state index >= 15 is 0 Å². The van der Waals surface area contributed by atoms with Gasteiger partial charge in [0, 0.05) is 67.8 Å². The molecule has 9 heteroatoms. The van der Waals surface area contributed by atoms with Gasteiger partial charge in [-0.15, -0.1) is 0 Å². The number of aromatic nitrogens is 2. The molecule has 0 unspecified atom stereocenters. The second kappa shape index (κ2) is 8.83. The quantitative estimate of drug-likeness (QED) is 0.408. The van der Waals surface area contributed by atoms with E-state index in [1.807, 2.05) is 26.1 Å². The van der Waals surface area contributed by atoms with E-state index in [1.165, 1.54) is 12.1 Å². The van der Waals surface area contributed by atoms with E-state index in [9.17, 15) is 9.18 Å². The molecule has 0 spiro atoms. The number of imidazole rings is 1. The Kier molecular flexibility index (Phi) is 5.70. The summed E-state index contributed by atoms with van der Waals surface area (Å²) < 4.78 is 26.0. The number of carbonyl (C=O) groups excluding carboxylic acids is 1. The molecule has 0 radical (unpaired) electrons. The minimum atomic E-state index is -0.350. The summed E-state index contributed by atoms with van der Waals surface area (Å²) in [5, 5.41) is 6.65. The average molecular weight is 464 g/mol. The number of H-pyrrole nitrogens is 1. The molecule has 0 bridgehead atoms. The molecule has 5 rings (SSSR count). The standard InChI is InChI=1S/C25H26FN5O3/c1-14-18-10-19-21(34-23(22(19)24(32)27-2)15-4-6-16(26)7-5-15)11-20(18)31(3)13-17(33-14)12-30-25-28-8-9-29-25/h4-11,14,17H,12-13H2,1-3H3,(H,27,32)(H2,28,29,30)/t14-,17+/m0/s1. The average Bonchev–Trinajstić information content (AvgIpc) is 3.46. The van der Waals surface area contributed by atoms with Crippen molar-refractivity contribution in [3.63, 3.8) is 0 Å². The molecule has 8 nitrogen and oxygen atoms in total. The number of ether oxygens (including phenoxy) is 1. The fraction of sp³-hybridized carbons (Fsp3) is 0.280. The largest absolute Gasteiger partial charge is 0.455 e. The predicted molar refractivity (Wildman–Crippen MR) is 129 cm³/mol. The van der Waals surface area contributed by atoms with Crippen LogP contribution in [0.4, 0.5) is 16.0 Å². The number of aromatic amines is 1. The second-order valence-corrected chi connectivity index (χ2v) is 8.40. The number of nitrogens with zero attached hydrogens (tertiary/aromatic N) is 2. The minimum absolute atomic E-state index is 0.0861. The van der Waals surface area contributed by atoms with Gasteiger partial charge in [0.15, 0.2) is 5.95 Å². The molecule has 176 valence electrons. The molecule has 0 aliphatic carbocycles. The van der Waals surface area contributed by atoms with Gasteiger partial charge in [-0.1, -0.05) is 0 Å². The van der Waals surface area contributed by atoms with Crippen LogP contribution in [0.15, 0.2) is 53.2 Å². The molecule has 2 aromatic heterocycles. The Hall–Kier alpha value is -3.85. The third-order valence-electron chi connectivity index (χ3n) is 6.12. The van der Waals surface area contributed by atoms with Gasteiger partial charge in [-0.25, -0.2) is 9.37 Å². The van der Waals surface area contributed by atoms with Gasteiger partial charge in [0.25, 0.3) is 5.91 Å². The summed E-state index contributed by atoms with van der Waals surface area (Å²) in [6.45, 7) is 3.25. The number of benzene rings is 2. The third kappa shape index (κ3) is 3.99. The summed E-state index contributed by atoms with van der Waals surface area (Å²) in [5.41, 5.74) is 3.58. The summed E-state index contributed by atoms with van der Waals surface area (Å²) >= 11 is 0. The monoisotopic (exact) mass is 463 g/mol. The highest BCUT2D eigenvalue weighted by Crippen LogP contribution is 2.41. The third-order valence-corrected chi connectivity index (χ3v) is 6.12. The maximum atomic E-state index is 13.5. The topological polar surface area (TPSA) is 95.4 Å². The first kappa shape index (κ1) is 22.0. The molecule has 2 aromatic carbocycles. The van der Waals surface area contributed by atoms with Crippen molar-refractivity contribution in [1.82, 2.24) is 15.3 Å². The van der Waals surface area contributed by atoms with Crippen molar-refractivity contribution in [2.24, 2.45) is 0 Å². The normalized spacial score (nSPS) is 17.9. The molecule has 1 aliphatic heterocycles. The van der Waals surface area contributed by atoms with Gasteiger partial charge in [0.1, 0.15) is 17.2 Å². The molecule has 1 amide bonds. The van der Waals surface area contributed by atoms with Crippen LogP contribution in [0.5, 0.6) is 0 Å². The number of carbonyl (C=O) groups is 1. The van der Waals surface area contributed by atoms with Crippen LogP contribution in [-0.2, 0) is 4.74 Å². The van der Waals surface area contributed by atoms with Crippen LogP contribution in [0.1, 0.15) is 28.9 Å².